The van der Waals surface area contributed by atoms with Gasteiger partial charge in [-0.15, -0.1) is 0 Å². The maximum absolute atomic E-state index is 13.1. The maximum atomic E-state index is 13.1. The fourth-order valence-electron chi connectivity index (χ4n) is 3.92. The topological polar surface area (TPSA) is 69.0 Å². The first-order valence-electron chi connectivity index (χ1n) is 9.42. The Morgan fingerprint density at radius 3 is 2.79 bits per heavy atom. The van der Waals surface area contributed by atoms with Gasteiger partial charge in [0, 0.05) is 18.8 Å². The fourth-order valence-corrected chi connectivity index (χ4v) is 3.92. The van der Waals surface area contributed by atoms with E-state index < -0.39 is 0 Å². The van der Waals surface area contributed by atoms with Crippen molar-refractivity contribution in [3.8, 4) is 11.5 Å². The molecule has 0 radical (unpaired) electrons. The minimum atomic E-state index is 0.0115. The number of carbonyl (C=O) groups is 1. The van der Waals surface area contributed by atoms with Gasteiger partial charge in [0.2, 0.25) is 5.91 Å². The molecule has 1 aliphatic heterocycles. The van der Waals surface area contributed by atoms with Gasteiger partial charge in [-0.05, 0) is 43.5 Å². The standard InChI is InChI=1S/C21H24N4O3/c1-14-11-20-22-9-8-17(25(20)23-14)16-5-4-10-24(16)21(26)13-15-6-7-18(27-2)19(12-15)28-3/h6-9,11-12,16H,4-5,10,13H2,1-3H3/t16-/m1/s1. The zero-order valence-electron chi connectivity index (χ0n) is 16.4. The molecule has 1 amide bonds. The Kier molecular flexibility index (Phi) is 4.90. The number of fused-ring (bicyclic) bond motifs is 1. The zero-order chi connectivity index (χ0) is 19.7. The third-order valence-electron chi connectivity index (χ3n) is 5.23. The smallest absolute Gasteiger partial charge is 0.227 e. The van der Waals surface area contributed by atoms with Crippen LogP contribution in [0.1, 0.15) is 35.8 Å². The van der Waals surface area contributed by atoms with Crippen LogP contribution in [0.25, 0.3) is 5.65 Å². The average molecular weight is 380 g/mol. The number of amides is 1. The van der Waals surface area contributed by atoms with E-state index in [2.05, 4.69) is 10.1 Å². The van der Waals surface area contributed by atoms with Crippen molar-refractivity contribution in [2.45, 2.75) is 32.2 Å². The molecular formula is C21H24N4O3. The molecule has 0 spiro atoms. The molecule has 1 saturated heterocycles. The zero-order valence-corrected chi connectivity index (χ0v) is 16.4. The summed E-state index contributed by atoms with van der Waals surface area (Å²) >= 11 is 0. The SMILES string of the molecule is COc1ccc(CC(=O)N2CCC[C@@H]2c2ccnc3cc(C)nn23)cc1OC. The minimum Gasteiger partial charge on any atom is -0.493 e. The lowest BCUT2D eigenvalue weighted by molar-refractivity contribution is -0.131. The van der Waals surface area contributed by atoms with Crippen molar-refractivity contribution in [1.29, 1.82) is 0 Å². The molecule has 28 heavy (non-hydrogen) atoms. The van der Waals surface area contributed by atoms with Gasteiger partial charge >= 0.3 is 0 Å². The lowest BCUT2D eigenvalue weighted by Gasteiger charge is -2.25. The Bertz CT molecular complexity index is 1010. The highest BCUT2D eigenvalue weighted by atomic mass is 16.5. The van der Waals surface area contributed by atoms with E-state index in [4.69, 9.17) is 9.47 Å². The number of aryl methyl sites for hydroxylation is 1. The molecule has 2 aromatic heterocycles. The van der Waals surface area contributed by atoms with Crippen LogP contribution in [0.5, 0.6) is 11.5 Å². The second-order valence-electron chi connectivity index (χ2n) is 7.04. The van der Waals surface area contributed by atoms with Crippen molar-refractivity contribution in [2.24, 2.45) is 0 Å². The number of methoxy groups -OCH3 is 2. The maximum Gasteiger partial charge on any atom is 0.227 e. The Morgan fingerprint density at radius 2 is 2.00 bits per heavy atom. The van der Waals surface area contributed by atoms with E-state index in [1.165, 1.54) is 0 Å². The third-order valence-corrected chi connectivity index (χ3v) is 5.23. The summed E-state index contributed by atoms with van der Waals surface area (Å²) < 4.78 is 12.5. The van der Waals surface area contributed by atoms with Crippen LogP contribution >= 0.6 is 0 Å². The second-order valence-corrected chi connectivity index (χ2v) is 7.04. The summed E-state index contributed by atoms with van der Waals surface area (Å²) in [6.45, 7) is 2.70. The molecule has 3 heterocycles. The molecule has 1 aromatic carbocycles. The van der Waals surface area contributed by atoms with Gasteiger partial charge in [-0.3, -0.25) is 4.79 Å². The number of benzene rings is 1. The summed E-state index contributed by atoms with van der Waals surface area (Å²) in [6, 6.07) is 9.54. The molecule has 7 nitrogen and oxygen atoms in total. The van der Waals surface area contributed by atoms with Crippen molar-refractivity contribution < 1.29 is 14.3 Å². The Labute approximate surface area is 163 Å². The van der Waals surface area contributed by atoms with Crippen LogP contribution in [-0.4, -0.2) is 46.2 Å². The van der Waals surface area contributed by atoms with E-state index in [0.29, 0.717) is 17.9 Å². The Morgan fingerprint density at radius 1 is 1.18 bits per heavy atom. The van der Waals surface area contributed by atoms with Crippen molar-refractivity contribution in [3.05, 3.63) is 53.5 Å². The number of carbonyl (C=O) groups excluding carboxylic acids is 1. The highest BCUT2D eigenvalue weighted by molar-refractivity contribution is 5.79. The third kappa shape index (κ3) is 3.28. The van der Waals surface area contributed by atoms with Crippen LogP contribution in [0.4, 0.5) is 0 Å². The largest absolute Gasteiger partial charge is 0.493 e. The van der Waals surface area contributed by atoms with Gasteiger partial charge in [-0.1, -0.05) is 6.07 Å². The van der Waals surface area contributed by atoms with Gasteiger partial charge in [-0.25, -0.2) is 9.50 Å². The Hall–Kier alpha value is -3.09. The number of aromatic nitrogens is 3. The van der Waals surface area contributed by atoms with Crippen LogP contribution in [-0.2, 0) is 11.2 Å². The number of hydrogen-bond donors (Lipinski definition) is 0. The van der Waals surface area contributed by atoms with Crippen LogP contribution in [0.15, 0.2) is 36.5 Å². The molecule has 1 aliphatic rings. The Balaban J connectivity index is 1.59. The first kappa shape index (κ1) is 18.3. The van der Waals surface area contributed by atoms with Crippen LogP contribution < -0.4 is 9.47 Å². The number of hydrogen-bond acceptors (Lipinski definition) is 5. The first-order chi connectivity index (χ1) is 13.6. The molecule has 1 fully saturated rings. The van der Waals surface area contributed by atoms with Crippen molar-refractivity contribution in [3.63, 3.8) is 0 Å². The molecule has 3 aromatic rings. The highest BCUT2D eigenvalue weighted by Crippen LogP contribution is 2.33. The van der Waals surface area contributed by atoms with E-state index in [1.54, 1.807) is 20.4 Å². The molecule has 146 valence electrons. The van der Waals surface area contributed by atoms with E-state index in [9.17, 15) is 4.79 Å². The first-order valence-corrected chi connectivity index (χ1v) is 9.42. The number of likely N-dealkylation sites (tertiary alicyclic amines) is 1. The molecule has 0 unspecified atom stereocenters. The minimum absolute atomic E-state index is 0.0115. The summed E-state index contributed by atoms with van der Waals surface area (Å²) in [7, 11) is 3.20. The van der Waals surface area contributed by atoms with Gasteiger partial charge < -0.3 is 14.4 Å². The van der Waals surface area contributed by atoms with Crippen molar-refractivity contribution in [1.82, 2.24) is 19.5 Å². The van der Waals surface area contributed by atoms with E-state index in [0.717, 1.165) is 42.0 Å². The van der Waals surface area contributed by atoms with Crippen LogP contribution in [0, 0.1) is 6.92 Å². The van der Waals surface area contributed by atoms with Crippen molar-refractivity contribution in [2.75, 3.05) is 20.8 Å². The molecule has 0 N–H and O–H groups in total. The van der Waals surface area contributed by atoms with Gasteiger partial charge in [0.05, 0.1) is 38.1 Å². The average Bonchev–Trinajstić information content (AvgIpc) is 3.33. The second kappa shape index (κ2) is 7.50. The lowest BCUT2D eigenvalue weighted by atomic mass is 10.1. The van der Waals surface area contributed by atoms with Crippen LogP contribution in [0.2, 0.25) is 0 Å². The highest BCUT2D eigenvalue weighted by Gasteiger charge is 2.32. The predicted octanol–water partition coefficient (Wildman–Crippen LogP) is 2.96. The summed E-state index contributed by atoms with van der Waals surface area (Å²) in [6.07, 6.45) is 4.02. The predicted molar refractivity (Wildman–Crippen MR) is 105 cm³/mol. The summed E-state index contributed by atoms with van der Waals surface area (Å²) in [4.78, 5) is 19.4. The quantitative estimate of drug-likeness (QED) is 0.681. The molecule has 4 rings (SSSR count). The van der Waals surface area contributed by atoms with Gasteiger partial charge in [0.15, 0.2) is 17.1 Å². The van der Waals surface area contributed by atoms with Gasteiger partial charge in [-0.2, -0.15) is 5.10 Å². The summed E-state index contributed by atoms with van der Waals surface area (Å²) in [5.41, 5.74) is 3.65. The van der Waals surface area contributed by atoms with Crippen LogP contribution in [0.3, 0.4) is 0 Å². The van der Waals surface area contributed by atoms with Gasteiger partial charge in [0.1, 0.15) is 0 Å². The lowest BCUT2D eigenvalue weighted by Crippen LogP contribution is -2.32. The number of ether oxygens (including phenoxy) is 2. The number of nitrogens with zero attached hydrogens (tertiary/aromatic N) is 4. The van der Waals surface area contributed by atoms with E-state index >= 15 is 0 Å². The molecule has 0 aliphatic carbocycles. The molecule has 0 bridgehead atoms. The molecule has 1 atom stereocenters. The summed E-state index contributed by atoms with van der Waals surface area (Å²) in [5, 5.41) is 4.56. The van der Waals surface area contributed by atoms with Gasteiger partial charge in [0.25, 0.3) is 0 Å². The number of rotatable bonds is 5. The molecule has 7 heteroatoms. The molecular weight excluding hydrogens is 356 g/mol. The normalized spacial score (nSPS) is 16.5. The van der Waals surface area contributed by atoms with E-state index in [-0.39, 0.29) is 11.9 Å². The van der Waals surface area contributed by atoms with Crippen molar-refractivity contribution >= 4 is 11.6 Å². The summed E-state index contributed by atoms with van der Waals surface area (Å²) in [5.74, 6) is 1.39. The monoisotopic (exact) mass is 380 g/mol. The van der Waals surface area contributed by atoms with E-state index in [1.807, 2.05) is 46.7 Å². The fraction of sp³-hybridized carbons (Fsp3) is 0.381. The molecule has 0 saturated carbocycles.